The monoisotopic (exact) mass is 254 g/mol. The van der Waals surface area contributed by atoms with Crippen LogP contribution in [0, 0.1) is 11.8 Å². The summed E-state index contributed by atoms with van der Waals surface area (Å²) >= 11 is 0. The van der Waals surface area contributed by atoms with Gasteiger partial charge >= 0.3 is 5.97 Å². The zero-order chi connectivity index (χ0) is 13.1. The molecule has 1 saturated heterocycles. The molecule has 1 aliphatic rings. The minimum atomic E-state index is -0.720. The first kappa shape index (κ1) is 15.0. The zero-order valence-corrected chi connectivity index (χ0v) is 10.8. The maximum Gasteiger partial charge on any atom is 0.303 e. The molecule has 0 aromatic rings. The van der Waals surface area contributed by atoms with E-state index < -0.39 is 5.97 Å². The molecule has 1 N–H and O–H groups in total. The van der Waals surface area contributed by atoms with Gasteiger partial charge in [0.25, 0.3) is 0 Å². The molecular formula is C14H22O4. The fourth-order valence-corrected chi connectivity index (χ4v) is 1.78. The maximum absolute atomic E-state index is 10.3. The molecule has 0 bridgehead atoms. The third-order valence-corrected chi connectivity index (χ3v) is 2.80. The second kappa shape index (κ2) is 9.93. The SMILES string of the molecule is O=C(O)CCCCCC#CCO[C@@H]1CCCCO1. The summed E-state index contributed by atoms with van der Waals surface area (Å²) in [7, 11) is 0. The van der Waals surface area contributed by atoms with Gasteiger partial charge in [-0.15, -0.1) is 5.92 Å². The maximum atomic E-state index is 10.3. The largest absolute Gasteiger partial charge is 0.481 e. The molecule has 0 aliphatic carbocycles. The number of unbranched alkanes of at least 4 members (excludes halogenated alkanes) is 3. The van der Waals surface area contributed by atoms with Crippen LogP contribution in [0.25, 0.3) is 0 Å². The fraction of sp³-hybridized carbons (Fsp3) is 0.786. The van der Waals surface area contributed by atoms with E-state index in [1.54, 1.807) is 0 Å². The van der Waals surface area contributed by atoms with Crippen molar-refractivity contribution in [1.82, 2.24) is 0 Å². The van der Waals surface area contributed by atoms with Crippen LogP contribution in [0.15, 0.2) is 0 Å². The molecule has 0 unspecified atom stereocenters. The summed E-state index contributed by atoms with van der Waals surface area (Å²) in [6.45, 7) is 1.22. The molecule has 0 aromatic carbocycles. The van der Waals surface area contributed by atoms with E-state index in [1.165, 1.54) is 6.42 Å². The van der Waals surface area contributed by atoms with Gasteiger partial charge in [-0.2, -0.15) is 0 Å². The third kappa shape index (κ3) is 8.10. The number of carbonyl (C=O) groups is 1. The molecule has 1 aliphatic heterocycles. The van der Waals surface area contributed by atoms with Crippen LogP contribution in [0.1, 0.15) is 51.4 Å². The topological polar surface area (TPSA) is 55.8 Å². The predicted molar refractivity (Wildman–Crippen MR) is 68.0 cm³/mol. The Morgan fingerprint density at radius 3 is 2.89 bits per heavy atom. The summed E-state index contributed by atoms with van der Waals surface area (Å²) in [5, 5.41) is 8.45. The van der Waals surface area contributed by atoms with Crippen molar-refractivity contribution < 1.29 is 19.4 Å². The lowest BCUT2D eigenvalue weighted by molar-refractivity contribution is -0.154. The Morgan fingerprint density at radius 1 is 1.28 bits per heavy atom. The van der Waals surface area contributed by atoms with E-state index in [9.17, 15) is 4.79 Å². The number of carboxylic acids is 1. The number of ether oxygens (including phenoxy) is 2. The van der Waals surface area contributed by atoms with Crippen LogP contribution in [0.3, 0.4) is 0 Å². The lowest BCUT2D eigenvalue weighted by atomic mass is 10.1. The molecule has 0 radical (unpaired) electrons. The van der Waals surface area contributed by atoms with Crippen molar-refractivity contribution in [2.45, 2.75) is 57.7 Å². The zero-order valence-electron chi connectivity index (χ0n) is 10.8. The van der Waals surface area contributed by atoms with E-state index >= 15 is 0 Å². The minimum absolute atomic E-state index is 0.0661. The smallest absolute Gasteiger partial charge is 0.303 e. The van der Waals surface area contributed by atoms with Crippen LogP contribution in [0.5, 0.6) is 0 Å². The Balaban J connectivity index is 1.89. The van der Waals surface area contributed by atoms with E-state index in [0.717, 1.165) is 45.1 Å². The summed E-state index contributed by atoms with van der Waals surface area (Å²) in [5.41, 5.74) is 0. The molecule has 0 spiro atoms. The summed E-state index contributed by atoms with van der Waals surface area (Å²) in [6, 6.07) is 0. The molecule has 4 heteroatoms. The van der Waals surface area contributed by atoms with Crippen LogP contribution in [0.2, 0.25) is 0 Å². The first-order valence-corrected chi connectivity index (χ1v) is 6.70. The Labute approximate surface area is 109 Å². The average Bonchev–Trinajstić information content (AvgIpc) is 2.37. The predicted octanol–water partition coefficient (Wildman–Crippen LogP) is 2.57. The average molecular weight is 254 g/mol. The Morgan fingerprint density at radius 2 is 2.17 bits per heavy atom. The lowest BCUT2D eigenvalue weighted by Crippen LogP contribution is -2.22. The molecule has 102 valence electrons. The van der Waals surface area contributed by atoms with E-state index in [1.807, 2.05) is 0 Å². The quantitative estimate of drug-likeness (QED) is 0.560. The first-order chi connectivity index (χ1) is 8.79. The molecule has 1 heterocycles. The van der Waals surface area contributed by atoms with Crippen molar-refractivity contribution in [2.24, 2.45) is 0 Å². The molecule has 1 atom stereocenters. The van der Waals surface area contributed by atoms with Gasteiger partial charge < -0.3 is 14.6 Å². The van der Waals surface area contributed by atoms with Crippen molar-refractivity contribution in [2.75, 3.05) is 13.2 Å². The lowest BCUT2D eigenvalue weighted by Gasteiger charge is -2.21. The van der Waals surface area contributed by atoms with Gasteiger partial charge in [0.1, 0.15) is 6.61 Å². The molecule has 18 heavy (non-hydrogen) atoms. The van der Waals surface area contributed by atoms with Crippen molar-refractivity contribution >= 4 is 5.97 Å². The highest BCUT2D eigenvalue weighted by molar-refractivity contribution is 5.66. The molecule has 1 fully saturated rings. The van der Waals surface area contributed by atoms with Crippen molar-refractivity contribution in [3.63, 3.8) is 0 Å². The second-order valence-electron chi connectivity index (χ2n) is 4.42. The van der Waals surface area contributed by atoms with Gasteiger partial charge in [0, 0.05) is 19.4 Å². The highest BCUT2D eigenvalue weighted by Crippen LogP contribution is 2.13. The van der Waals surface area contributed by atoms with Gasteiger partial charge in [0.2, 0.25) is 0 Å². The standard InChI is InChI=1S/C14H22O4/c15-13(16)9-5-3-1-2-4-7-11-17-14-10-6-8-12-18-14/h14H,1-3,5-6,8-12H2,(H,15,16)/t14-/m0/s1. The summed E-state index contributed by atoms with van der Waals surface area (Å²) in [5.74, 6) is 5.28. The van der Waals surface area contributed by atoms with Gasteiger partial charge in [-0.05, 0) is 32.1 Å². The third-order valence-electron chi connectivity index (χ3n) is 2.80. The van der Waals surface area contributed by atoms with Crippen LogP contribution < -0.4 is 0 Å². The summed E-state index contributed by atoms with van der Waals surface area (Å²) in [6.07, 6.45) is 6.89. The van der Waals surface area contributed by atoms with Crippen LogP contribution >= 0.6 is 0 Å². The van der Waals surface area contributed by atoms with E-state index in [-0.39, 0.29) is 12.7 Å². The molecule has 4 nitrogen and oxygen atoms in total. The number of hydrogen-bond donors (Lipinski definition) is 1. The number of aliphatic carboxylic acids is 1. The molecule has 0 aromatic heterocycles. The van der Waals surface area contributed by atoms with Gasteiger partial charge in [0.05, 0.1) is 0 Å². The molecular weight excluding hydrogens is 232 g/mol. The molecule has 0 amide bonds. The highest BCUT2D eigenvalue weighted by Gasteiger charge is 2.12. The highest BCUT2D eigenvalue weighted by atomic mass is 16.7. The Bertz CT molecular complexity index is 284. The van der Waals surface area contributed by atoms with Crippen LogP contribution in [-0.4, -0.2) is 30.6 Å². The minimum Gasteiger partial charge on any atom is -0.481 e. The van der Waals surface area contributed by atoms with Crippen molar-refractivity contribution in [3.8, 4) is 11.8 Å². The molecule has 0 saturated carbocycles. The Hall–Kier alpha value is -1.05. The Kier molecular flexibility index (Phi) is 8.28. The van der Waals surface area contributed by atoms with Crippen molar-refractivity contribution in [3.05, 3.63) is 0 Å². The number of hydrogen-bond acceptors (Lipinski definition) is 3. The second-order valence-corrected chi connectivity index (χ2v) is 4.42. The van der Waals surface area contributed by atoms with Gasteiger partial charge in [-0.1, -0.05) is 12.3 Å². The summed E-state index contributed by atoms with van der Waals surface area (Å²) in [4.78, 5) is 10.3. The van der Waals surface area contributed by atoms with E-state index in [2.05, 4.69) is 11.8 Å². The fourth-order valence-electron chi connectivity index (χ4n) is 1.78. The normalized spacial score (nSPS) is 19.0. The van der Waals surface area contributed by atoms with E-state index in [0.29, 0.717) is 6.61 Å². The van der Waals surface area contributed by atoms with Gasteiger partial charge in [0.15, 0.2) is 6.29 Å². The van der Waals surface area contributed by atoms with Crippen LogP contribution in [-0.2, 0) is 14.3 Å². The van der Waals surface area contributed by atoms with E-state index in [4.69, 9.17) is 14.6 Å². The number of rotatable bonds is 7. The first-order valence-electron chi connectivity index (χ1n) is 6.70. The number of carboxylic acid groups (broad SMARTS) is 1. The summed E-state index contributed by atoms with van der Waals surface area (Å²) < 4.78 is 10.9. The van der Waals surface area contributed by atoms with Crippen LogP contribution in [0.4, 0.5) is 0 Å². The van der Waals surface area contributed by atoms with Gasteiger partial charge in [-0.25, -0.2) is 0 Å². The molecule has 1 rings (SSSR count). The van der Waals surface area contributed by atoms with Gasteiger partial charge in [-0.3, -0.25) is 4.79 Å². The van der Waals surface area contributed by atoms with Crippen molar-refractivity contribution in [1.29, 1.82) is 0 Å².